The molecule has 1 saturated heterocycles. The Hall–Kier alpha value is -1.80. The van der Waals surface area contributed by atoms with Gasteiger partial charge in [0.25, 0.3) is 11.8 Å². The number of esters is 1. The molecule has 0 aromatic rings. The van der Waals surface area contributed by atoms with E-state index in [1.807, 2.05) is 0 Å². The molecule has 2 aliphatic heterocycles. The second kappa shape index (κ2) is 8.26. The quantitative estimate of drug-likeness (QED) is 0.577. The van der Waals surface area contributed by atoms with E-state index in [1.165, 1.54) is 42.7 Å². The molecule has 0 bridgehead atoms. The number of amides is 2. The van der Waals surface area contributed by atoms with Crippen molar-refractivity contribution >= 4 is 29.5 Å². The van der Waals surface area contributed by atoms with Gasteiger partial charge in [0.1, 0.15) is 17.7 Å². The zero-order valence-electron chi connectivity index (χ0n) is 15.1. The molecule has 2 atom stereocenters. The van der Waals surface area contributed by atoms with Gasteiger partial charge in [0.05, 0.1) is 0 Å². The molecule has 0 radical (unpaired) electrons. The standard InChI is InChI=1S/C18H24N2O5S/c1-11(21)25-9-13-10-26-18-15(24-2)17(23)20(18)14(13)16(22)19-8-12-6-4-3-5-7-12/h8,15,18H,3-7,9-10H2,1-2H3,(H,19,22)/t15?,18-/m0/s1. The van der Waals surface area contributed by atoms with Crippen LogP contribution in [0.4, 0.5) is 0 Å². The molecule has 1 saturated carbocycles. The van der Waals surface area contributed by atoms with Crippen LogP contribution in [0.5, 0.6) is 0 Å². The number of nitrogens with zero attached hydrogens (tertiary/aromatic N) is 1. The molecule has 2 fully saturated rings. The summed E-state index contributed by atoms with van der Waals surface area (Å²) in [6, 6.07) is 0. The maximum absolute atomic E-state index is 12.8. The van der Waals surface area contributed by atoms with Gasteiger partial charge in [0.15, 0.2) is 6.10 Å². The molecule has 1 unspecified atom stereocenters. The minimum absolute atomic E-state index is 0.00973. The summed E-state index contributed by atoms with van der Waals surface area (Å²) in [4.78, 5) is 37.8. The van der Waals surface area contributed by atoms with Crippen molar-refractivity contribution in [2.24, 2.45) is 0 Å². The fourth-order valence-electron chi connectivity index (χ4n) is 3.43. The molecule has 1 aliphatic carbocycles. The number of fused-ring (bicyclic) bond motifs is 1. The van der Waals surface area contributed by atoms with E-state index in [4.69, 9.17) is 9.47 Å². The molecule has 7 nitrogen and oxygen atoms in total. The minimum Gasteiger partial charge on any atom is -0.461 e. The summed E-state index contributed by atoms with van der Waals surface area (Å²) >= 11 is 1.51. The van der Waals surface area contributed by atoms with Crippen LogP contribution in [0.25, 0.3) is 0 Å². The number of carbonyl (C=O) groups excluding carboxylic acids is 3. The van der Waals surface area contributed by atoms with E-state index in [1.54, 1.807) is 6.20 Å². The second-order valence-electron chi connectivity index (χ2n) is 6.64. The molecule has 0 aromatic heterocycles. The third kappa shape index (κ3) is 3.81. The van der Waals surface area contributed by atoms with Gasteiger partial charge >= 0.3 is 5.97 Å². The van der Waals surface area contributed by atoms with Crippen molar-refractivity contribution in [3.63, 3.8) is 0 Å². The van der Waals surface area contributed by atoms with E-state index in [0.29, 0.717) is 17.0 Å². The maximum Gasteiger partial charge on any atom is 0.302 e. The van der Waals surface area contributed by atoms with Gasteiger partial charge in [-0.3, -0.25) is 19.3 Å². The maximum atomic E-state index is 12.8. The second-order valence-corrected chi connectivity index (χ2v) is 7.74. The number of hydrogen-bond donors (Lipinski definition) is 1. The smallest absolute Gasteiger partial charge is 0.302 e. The van der Waals surface area contributed by atoms with E-state index in [2.05, 4.69) is 5.32 Å². The van der Waals surface area contributed by atoms with Gasteiger partial charge < -0.3 is 14.8 Å². The average molecular weight is 380 g/mol. The van der Waals surface area contributed by atoms with Gasteiger partial charge in [-0.05, 0) is 25.7 Å². The number of methoxy groups -OCH3 is 1. The molecule has 2 heterocycles. The van der Waals surface area contributed by atoms with Crippen molar-refractivity contribution < 1.29 is 23.9 Å². The Morgan fingerprint density at radius 2 is 2.04 bits per heavy atom. The summed E-state index contributed by atoms with van der Waals surface area (Å²) in [7, 11) is 1.49. The Morgan fingerprint density at radius 3 is 2.69 bits per heavy atom. The highest BCUT2D eigenvalue weighted by Crippen LogP contribution is 2.41. The number of nitrogens with one attached hydrogen (secondary N) is 1. The molecule has 1 N–H and O–H groups in total. The summed E-state index contributed by atoms with van der Waals surface area (Å²) in [5.41, 5.74) is 2.16. The van der Waals surface area contributed by atoms with Crippen molar-refractivity contribution in [1.29, 1.82) is 0 Å². The van der Waals surface area contributed by atoms with Crippen LogP contribution in [-0.4, -0.2) is 53.6 Å². The topological polar surface area (TPSA) is 84.9 Å². The number of rotatable bonds is 5. The third-order valence-corrected chi connectivity index (χ3v) is 6.13. The van der Waals surface area contributed by atoms with E-state index < -0.39 is 12.1 Å². The Labute approximate surface area is 157 Å². The number of carbonyl (C=O) groups is 3. The first-order valence-corrected chi connectivity index (χ1v) is 9.89. The molecule has 0 aromatic carbocycles. The number of β-lactam (4-membered cyclic amide) rings is 1. The zero-order chi connectivity index (χ0) is 18.7. The molecule has 142 valence electrons. The van der Waals surface area contributed by atoms with Gasteiger partial charge in [-0.15, -0.1) is 11.8 Å². The number of hydrogen-bond acceptors (Lipinski definition) is 6. The van der Waals surface area contributed by atoms with E-state index in [9.17, 15) is 14.4 Å². The molecule has 3 aliphatic rings. The minimum atomic E-state index is -0.533. The SMILES string of the molecule is COC1C(=O)N2C(C(=O)NC=C3CCCCC3)=C(COC(C)=O)CS[C@@H]12. The lowest BCUT2D eigenvalue weighted by Gasteiger charge is -2.49. The van der Waals surface area contributed by atoms with Gasteiger partial charge in [0, 0.05) is 31.6 Å². The number of ether oxygens (including phenoxy) is 2. The van der Waals surface area contributed by atoms with Crippen LogP contribution in [0.2, 0.25) is 0 Å². The zero-order valence-corrected chi connectivity index (χ0v) is 15.9. The summed E-state index contributed by atoms with van der Waals surface area (Å²) in [5.74, 6) is -0.474. The predicted molar refractivity (Wildman–Crippen MR) is 96.9 cm³/mol. The lowest BCUT2D eigenvalue weighted by Crippen LogP contribution is -2.66. The highest BCUT2D eigenvalue weighted by atomic mass is 32.2. The first-order valence-electron chi connectivity index (χ1n) is 8.84. The molecular weight excluding hydrogens is 356 g/mol. The largest absolute Gasteiger partial charge is 0.461 e. The van der Waals surface area contributed by atoms with Crippen LogP contribution < -0.4 is 5.32 Å². The van der Waals surface area contributed by atoms with Crippen molar-refractivity contribution in [1.82, 2.24) is 10.2 Å². The summed E-state index contributed by atoms with van der Waals surface area (Å²) < 4.78 is 10.3. The average Bonchev–Trinajstić information content (AvgIpc) is 2.64. The Bertz CT molecular complexity index is 664. The van der Waals surface area contributed by atoms with E-state index in [-0.39, 0.29) is 23.8 Å². The first-order chi connectivity index (χ1) is 12.5. The molecule has 26 heavy (non-hydrogen) atoms. The van der Waals surface area contributed by atoms with Crippen LogP contribution >= 0.6 is 11.8 Å². The monoisotopic (exact) mass is 380 g/mol. The highest BCUT2D eigenvalue weighted by molar-refractivity contribution is 8.00. The summed E-state index contributed by atoms with van der Waals surface area (Å²) in [5, 5.41) is 2.62. The Kier molecular flexibility index (Phi) is 6.03. The van der Waals surface area contributed by atoms with Crippen LogP contribution in [-0.2, 0) is 23.9 Å². The fraction of sp³-hybridized carbons (Fsp3) is 0.611. The van der Waals surface area contributed by atoms with Crippen molar-refractivity contribution in [2.75, 3.05) is 19.5 Å². The molecule has 3 rings (SSSR count). The van der Waals surface area contributed by atoms with Crippen LogP contribution in [0, 0.1) is 0 Å². The lowest BCUT2D eigenvalue weighted by molar-refractivity contribution is -0.160. The molecule has 8 heteroatoms. The third-order valence-electron chi connectivity index (χ3n) is 4.82. The van der Waals surface area contributed by atoms with E-state index >= 15 is 0 Å². The van der Waals surface area contributed by atoms with Crippen LogP contribution in [0.1, 0.15) is 39.0 Å². The van der Waals surface area contributed by atoms with Crippen LogP contribution in [0.15, 0.2) is 23.0 Å². The van der Waals surface area contributed by atoms with Crippen LogP contribution in [0.3, 0.4) is 0 Å². The molecular formula is C18H24N2O5S. The van der Waals surface area contributed by atoms with Gasteiger partial charge in [-0.2, -0.15) is 0 Å². The van der Waals surface area contributed by atoms with Gasteiger partial charge in [-0.25, -0.2) is 0 Å². The first kappa shape index (κ1) is 19.0. The highest BCUT2D eigenvalue weighted by Gasteiger charge is 2.53. The molecule has 0 spiro atoms. The fourth-order valence-corrected chi connectivity index (χ4v) is 4.79. The summed E-state index contributed by atoms with van der Waals surface area (Å²) in [6.45, 7) is 1.33. The van der Waals surface area contributed by atoms with Crippen molar-refractivity contribution in [3.8, 4) is 0 Å². The molecule has 2 amide bonds. The Balaban J connectivity index is 1.79. The van der Waals surface area contributed by atoms with E-state index in [0.717, 1.165) is 25.7 Å². The van der Waals surface area contributed by atoms with Crippen molar-refractivity contribution in [3.05, 3.63) is 23.0 Å². The van der Waals surface area contributed by atoms with Gasteiger partial charge in [-0.1, -0.05) is 12.0 Å². The lowest BCUT2D eigenvalue weighted by atomic mass is 9.96. The normalized spacial score (nSPS) is 25.4. The number of thioether (sulfide) groups is 1. The predicted octanol–water partition coefficient (Wildman–Crippen LogP) is 1.70. The van der Waals surface area contributed by atoms with Gasteiger partial charge in [0.2, 0.25) is 0 Å². The van der Waals surface area contributed by atoms with Crippen molar-refractivity contribution in [2.45, 2.75) is 50.5 Å². The Morgan fingerprint density at radius 1 is 1.31 bits per heavy atom. The summed E-state index contributed by atoms with van der Waals surface area (Å²) in [6.07, 6.45) is 6.73. The number of allylic oxidation sites excluding steroid dienone is 1.